The van der Waals surface area contributed by atoms with E-state index in [-0.39, 0.29) is 19.1 Å². The normalized spacial score (nSPS) is 10.9. The van der Waals surface area contributed by atoms with Crippen LogP contribution in [0.25, 0.3) is 33.3 Å². The van der Waals surface area contributed by atoms with Gasteiger partial charge in [-0.2, -0.15) is 0 Å². The molecule has 0 unspecified atom stereocenters. The lowest BCUT2D eigenvalue weighted by Gasteiger charge is -2.12. The van der Waals surface area contributed by atoms with Crippen molar-refractivity contribution in [2.24, 2.45) is 0 Å². The van der Waals surface area contributed by atoms with Gasteiger partial charge in [0.15, 0.2) is 5.82 Å². The number of carbonyl (C=O) groups excluding carboxylic acids is 2. The van der Waals surface area contributed by atoms with Gasteiger partial charge in [0.2, 0.25) is 5.91 Å². The van der Waals surface area contributed by atoms with E-state index < -0.39 is 6.09 Å². The number of hydrogen-bond donors (Lipinski definition) is 3. The van der Waals surface area contributed by atoms with Crippen LogP contribution in [0.4, 0.5) is 10.6 Å². The topological polar surface area (TPSA) is 150 Å². The highest BCUT2D eigenvalue weighted by atomic mass is 16.5. The molecule has 0 fully saturated rings. The van der Waals surface area contributed by atoms with Crippen LogP contribution >= 0.6 is 0 Å². The van der Waals surface area contributed by atoms with Gasteiger partial charge in [0.05, 0.1) is 23.1 Å². The number of anilines is 1. The Bertz CT molecular complexity index is 1700. The van der Waals surface area contributed by atoms with E-state index in [1.165, 1.54) is 6.33 Å². The fraction of sp³-hybridized carbons (Fsp3) is 0.172. The molecular formula is C29H28N8O3. The van der Waals surface area contributed by atoms with Gasteiger partial charge in [0.1, 0.15) is 24.3 Å². The van der Waals surface area contributed by atoms with Crippen molar-refractivity contribution in [2.45, 2.75) is 20.0 Å². The summed E-state index contributed by atoms with van der Waals surface area (Å²) >= 11 is 0. The summed E-state index contributed by atoms with van der Waals surface area (Å²) < 4.78 is 7.20. The van der Waals surface area contributed by atoms with E-state index in [0.717, 1.165) is 33.1 Å². The number of pyridine rings is 1. The molecule has 2 aromatic carbocycles. The molecule has 0 spiro atoms. The summed E-state index contributed by atoms with van der Waals surface area (Å²) in [5, 5.41) is 6.27. The molecule has 40 heavy (non-hydrogen) atoms. The van der Waals surface area contributed by atoms with Crippen molar-refractivity contribution < 1.29 is 14.3 Å². The van der Waals surface area contributed by atoms with Gasteiger partial charge >= 0.3 is 6.09 Å². The van der Waals surface area contributed by atoms with Crippen molar-refractivity contribution in [3.63, 3.8) is 0 Å². The molecule has 0 radical (unpaired) electrons. The van der Waals surface area contributed by atoms with Crippen molar-refractivity contribution in [3.05, 3.63) is 90.5 Å². The Kier molecular flexibility index (Phi) is 7.63. The molecule has 3 heterocycles. The molecule has 11 heteroatoms. The van der Waals surface area contributed by atoms with Gasteiger partial charge in [-0.3, -0.25) is 4.79 Å². The number of ether oxygens (including phenoxy) is 1. The van der Waals surface area contributed by atoms with Crippen LogP contribution in [0.5, 0.6) is 0 Å². The number of hydrogen-bond acceptors (Lipinski definition) is 8. The summed E-state index contributed by atoms with van der Waals surface area (Å²) in [6.45, 7) is 6.25. The van der Waals surface area contributed by atoms with Crippen LogP contribution in [0.15, 0.2) is 79.4 Å². The quantitative estimate of drug-likeness (QED) is 0.191. The van der Waals surface area contributed by atoms with E-state index in [0.29, 0.717) is 35.8 Å². The molecule has 2 amide bonds. The summed E-state index contributed by atoms with van der Waals surface area (Å²) in [5.41, 5.74) is 11.7. The molecule has 0 saturated heterocycles. The van der Waals surface area contributed by atoms with Crippen LogP contribution in [0.1, 0.15) is 18.1 Å². The Morgan fingerprint density at radius 2 is 1.73 bits per heavy atom. The molecule has 4 N–H and O–H groups in total. The first-order valence-corrected chi connectivity index (χ1v) is 12.6. The van der Waals surface area contributed by atoms with Crippen LogP contribution in [-0.2, 0) is 22.6 Å². The van der Waals surface area contributed by atoms with Crippen molar-refractivity contribution in [2.75, 3.05) is 18.9 Å². The Morgan fingerprint density at radius 1 is 1.00 bits per heavy atom. The van der Waals surface area contributed by atoms with Crippen molar-refractivity contribution in [3.8, 4) is 11.4 Å². The number of imidazole rings is 1. The second-order valence-corrected chi connectivity index (χ2v) is 9.20. The maximum absolute atomic E-state index is 12.0. The predicted octanol–water partition coefficient (Wildman–Crippen LogP) is 3.59. The lowest BCUT2D eigenvalue weighted by molar-refractivity contribution is -0.117. The van der Waals surface area contributed by atoms with Gasteiger partial charge in [-0.1, -0.05) is 49.0 Å². The van der Waals surface area contributed by atoms with E-state index in [1.807, 2.05) is 48.5 Å². The zero-order valence-corrected chi connectivity index (χ0v) is 21.9. The molecular weight excluding hydrogens is 508 g/mol. The Hall–Kier alpha value is -5.32. The van der Waals surface area contributed by atoms with Gasteiger partial charge in [-0.25, -0.2) is 24.7 Å². The van der Waals surface area contributed by atoms with E-state index in [9.17, 15) is 9.59 Å². The number of alkyl carbamates (subject to hydrolysis) is 1. The molecule has 0 atom stereocenters. The standard InChI is InChI=1S/C29H28N8O3/c1-18(2)28(38)33-11-12-40-29(39)34-13-19-7-9-20(10-8-19)16-37-25-22-5-3-4-6-23(22)35-26(30)24(25)36-27(37)21-14-31-17-32-15-21/h3-10,14-15,17H,1,11-13,16H2,2H3,(H2,30,35)(H,33,38)(H,34,39). The van der Waals surface area contributed by atoms with Crippen molar-refractivity contribution in [1.82, 2.24) is 35.1 Å². The van der Waals surface area contributed by atoms with Gasteiger partial charge in [0.25, 0.3) is 0 Å². The number of nitrogens with zero attached hydrogens (tertiary/aromatic N) is 5. The molecule has 5 rings (SSSR count). The minimum Gasteiger partial charge on any atom is -0.448 e. The van der Waals surface area contributed by atoms with Crippen LogP contribution in [0, 0.1) is 0 Å². The molecule has 202 valence electrons. The molecule has 0 aliphatic carbocycles. The minimum absolute atomic E-state index is 0.0617. The van der Waals surface area contributed by atoms with Gasteiger partial charge in [-0.15, -0.1) is 0 Å². The van der Waals surface area contributed by atoms with Crippen LogP contribution in [0.2, 0.25) is 0 Å². The van der Waals surface area contributed by atoms with Crippen LogP contribution in [-0.4, -0.2) is 49.7 Å². The maximum Gasteiger partial charge on any atom is 0.407 e. The predicted molar refractivity (Wildman–Crippen MR) is 152 cm³/mol. The zero-order valence-electron chi connectivity index (χ0n) is 21.9. The molecule has 0 bridgehead atoms. The van der Waals surface area contributed by atoms with Crippen molar-refractivity contribution in [1.29, 1.82) is 0 Å². The number of para-hydroxylation sites is 1. The largest absolute Gasteiger partial charge is 0.448 e. The third kappa shape index (κ3) is 5.73. The fourth-order valence-electron chi connectivity index (χ4n) is 4.28. The summed E-state index contributed by atoms with van der Waals surface area (Å²) in [4.78, 5) is 41.2. The second-order valence-electron chi connectivity index (χ2n) is 9.20. The first-order chi connectivity index (χ1) is 19.4. The Labute approximate surface area is 230 Å². The lowest BCUT2D eigenvalue weighted by atomic mass is 10.1. The highest BCUT2D eigenvalue weighted by Gasteiger charge is 2.19. The number of fused-ring (bicyclic) bond motifs is 3. The second kappa shape index (κ2) is 11.6. The maximum atomic E-state index is 12.0. The summed E-state index contributed by atoms with van der Waals surface area (Å²) in [5.74, 6) is 0.774. The van der Waals surface area contributed by atoms with E-state index in [4.69, 9.17) is 15.5 Å². The minimum atomic E-state index is -0.564. The Morgan fingerprint density at radius 3 is 2.48 bits per heavy atom. The Balaban J connectivity index is 1.33. The highest BCUT2D eigenvalue weighted by Crippen LogP contribution is 2.32. The number of aromatic nitrogens is 5. The first kappa shape index (κ1) is 26.3. The fourth-order valence-corrected chi connectivity index (χ4v) is 4.28. The average molecular weight is 537 g/mol. The summed E-state index contributed by atoms with van der Waals surface area (Å²) in [6.07, 6.45) is 4.36. The molecule has 11 nitrogen and oxygen atoms in total. The smallest absolute Gasteiger partial charge is 0.407 e. The van der Waals surface area contributed by atoms with E-state index in [2.05, 4.69) is 36.7 Å². The van der Waals surface area contributed by atoms with E-state index >= 15 is 0 Å². The molecule has 0 saturated carbocycles. The number of amides is 2. The number of carbonyl (C=O) groups is 2. The SMILES string of the molecule is C=C(C)C(=O)NCCOC(=O)NCc1ccc(Cn2c(-c3cncnc3)nc3c(N)nc4ccccc4c32)cc1. The van der Waals surface area contributed by atoms with Gasteiger partial charge < -0.3 is 25.7 Å². The highest BCUT2D eigenvalue weighted by molar-refractivity contribution is 6.07. The van der Waals surface area contributed by atoms with Gasteiger partial charge in [0, 0.05) is 36.4 Å². The summed E-state index contributed by atoms with van der Waals surface area (Å²) in [6, 6.07) is 15.7. The van der Waals surface area contributed by atoms with Crippen LogP contribution in [0.3, 0.4) is 0 Å². The monoisotopic (exact) mass is 536 g/mol. The van der Waals surface area contributed by atoms with Gasteiger partial charge in [-0.05, 0) is 24.1 Å². The number of nitrogens with one attached hydrogen (secondary N) is 2. The number of nitrogens with two attached hydrogens (primary N) is 1. The third-order valence-corrected chi connectivity index (χ3v) is 6.24. The summed E-state index contributed by atoms with van der Waals surface area (Å²) in [7, 11) is 0. The third-order valence-electron chi connectivity index (χ3n) is 6.24. The van der Waals surface area contributed by atoms with Crippen molar-refractivity contribution >= 4 is 39.8 Å². The first-order valence-electron chi connectivity index (χ1n) is 12.6. The zero-order chi connectivity index (χ0) is 28.1. The number of benzene rings is 2. The molecule has 3 aromatic heterocycles. The molecule has 5 aromatic rings. The lowest BCUT2D eigenvalue weighted by Crippen LogP contribution is -2.31. The number of nitrogen functional groups attached to an aromatic ring is 1. The molecule has 0 aliphatic rings. The molecule has 0 aliphatic heterocycles. The van der Waals surface area contributed by atoms with E-state index in [1.54, 1.807) is 19.3 Å². The van der Waals surface area contributed by atoms with Crippen LogP contribution < -0.4 is 16.4 Å². The average Bonchev–Trinajstić information content (AvgIpc) is 3.35. The number of rotatable bonds is 9.